The number of amides is 1. The second-order valence-electron chi connectivity index (χ2n) is 12.0. The van der Waals surface area contributed by atoms with E-state index in [-0.39, 0.29) is 30.6 Å². The molecule has 0 saturated heterocycles. The lowest BCUT2D eigenvalue weighted by Gasteiger charge is -2.26. The number of hydrogen-bond donors (Lipinski definition) is 2. The number of alkyl carbamates (subject to hydrolysis) is 1. The minimum absolute atomic E-state index is 0.00219. The second kappa shape index (κ2) is 15.7. The Bertz CT molecular complexity index is 1370. The summed E-state index contributed by atoms with van der Waals surface area (Å²) in [5.41, 5.74) is 5.77. The molecule has 2 aliphatic heterocycles. The zero-order valence-electron chi connectivity index (χ0n) is 25.8. The molecule has 0 spiro atoms. The number of esters is 1. The quantitative estimate of drug-likeness (QED) is 0.255. The van der Waals surface area contributed by atoms with Gasteiger partial charge < -0.3 is 24.8 Å². The summed E-state index contributed by atoms with van der Waals surface area (Å²) in [6, 6.07) is 24.0. The van der Waals surface area contributed by atoms with Crippen LogP contribution in [0, 0.1) is 5.92 Å². The number of fused-ring (bicyclic) bond motifs is 19. The van der Waals surface area contributed by atoms with Gasteiger partial charge in [0.15, 0.2) is 0 Å². The van der Waals surface area contributed by atoms with E-state index in [1.54, 1.807) is 12.1 Å². The van der Waals surface area contributed by atoms with E-state index in [0.29, 0.717) is 37.8 Å². The van der Waals surface area contributed by atoms with E-state index >= 15 is 0 Å². The minimum Gasteiger partial charge on any atom is -0.449 e. The Hall–Kier alpha value is -3.94. The van der Waals surface area contributed by atoms with Crippen molar-refractivity contribution < 1.29 is 23.8 Å². The lowest BCUT2D eigenvalue weighted by atomic mass is 9.98. The molecule has 3 aliphatic rings. The Labute approximate surface area is 261 Å². The maximum atomic E-state index is 13.2. The highest BCUT2D eigenvalue weighted by Crippen LogP contribution is 2.44. The van der Waals surface area contributed by atoms with Gasteiger partial charge in [0, 0.05) is 37.2 Å². The van der Waals surface area contributed by atoms with Crippen LogP contribution in [0.15, 0.2) is 84.9 Å². The van der Waals surface area contributed by atoms with Crippen molar-refractivity contribution in [2.45, 2.75) is 64.0 Å². The minimum atomic E-state index is -0.442. The summed E-state index contributed by atoms with van der Waals surface area (Å²) in [6.07, 6.45) is 7.34. The number of ether oxygens (including phenoxy) is 3. The van der Waals surface area contributed by atoms with Gasteiger partial charge in [-0.3, -0.25) is 0 Å². The molecule has 1 aliphatic carbocycles. The highest BCUT2D eigenvalue weighted by Gasteiger charge is 2.29. The lowest BCUT2D eigenvalue weighted by Crippen LogP contribution is -2.48. The van der Waals surface area contributed by atoms with E-state index in [0.717, 1.165) is 31.2 Å². The molecule has 0 fully saturated rings. The van der Waals surface area contributed by atoms with Crippen LogP contribution in [0.4, 0.5) is 4.79 Å². The van der Waals surface area contributed by atoms with Crippen LogP contribution in [-0.4, -0.2) is 50.5 Å². The van der Waals surface area contributed by atoms with Crippen LogP contribution in [-0.2, 0) is 20.7 Å². The molecule has 232 valence electrons. The highest BCUT2D eigenvalue weighted by molar-refractivity contribution is 5.84. The third kappa shape index (κ3) is 8.58. The van der Waals surface area contributed by atoms with Crippen molar-refractivity contribution in [2.75, 3.05) is 26.4 Å². The number of hydrogen-bond acceptors (Lipinski definition) is 6. The van der Waals surface area contributed by atoms with Crippen LogP contribution in [0.5, 0.6) is 5.75 Å². The van der Waals surface area contributed by atoms with Crippen LogP contribution in [0.1, 0.15) is 62.1 Å². The van der Waals surface area contributed by atoms with Gasteiger partial charge in [-0.05, 0) is 71.6 Å². The summed E-state index contributed by atoms with van der Waals surface area (Å²) in [7, 11) is 0. The lowest BCUT2D eigenvalue weighted by molar-refractivity contribution is -0.129. The van der Waals surface area contributed by atoms with Crippen molar-refractivity contribution in [1.82, 2.24) is 10.6 Å². The van der Waals surface area contributed by atoms with E-state index in [4.69, 9.17) is 14.2 Å². The molecule has 0 saturated carbocycles. The number of benzene rings is 3. The van der Waals surface area contributed by atoms with Gasteiger partial charge in [0.2, 0.25) is 0 Å². The first-order valence-electron chi connectivity index (χ1n) is 15.9. The number of rotatable bonds is 4. The molecule has 0 aromatic heterocycles. The van der Waals surface area contributed by atoms with Crippen molar-refractivity contribution in [3.8, 4) is 16.9 Å². The van der Waals surface area contributed by atoms with Gasteiger partial charge in [-0.1, -0.05) is 87.0 Å². The molecular formula is C37H44N2O5. The van der Waals surface area contributed by atoms with Crippen LogP contribution >= 0.6 is 0 Å². The van der Waals surface area contributed by atoms with Gasteiger partial charge in [0.25, 0.3) is 0 Å². The first-order valence-corrected chi connectivity index (χ1v) is 15.9. The summed E-state index contributed by atoms with van der Waals surface area (Å²) in [4.78, 5) is 25.4. The van der Waals surface area contributed by atoms with E-state index in [9.17, 15) is 9.59 Å². The molecule has 2 bridgehead atoms. The van der Waals surface area contributed by atoms with Gasteiger partial charge >= 0.3 is 12.1 Å². The van der Waals surface area contributed by atoms with Gasteiger partial charge in [-0.15, -0.1) is 0 Å². The third-order valence-electron chi connectivity index (χ3n) is 8.43. The van der Waals surface area contributed by atoms with E-state index in [2.05, 4.69) is 48.7 Å². The van der Waals surface area contributed by atoms with Crippen molar-refractivity contribution in [2.24, 2.45) is 5.92 Å². The predicted octanol–water partition coefficient (Wildman–Crippen LogP) is 6.80. The number of nitrogens with one attached hydrogen (secondary N) is 2. The Morgan fingerprint density at radius 2 is 1.66 bits per heavy atom. The molecule has 3 aromatic carbocycles. The first kappa shape index (κ1) is 31.5. The van der Waals surface area contributed by atoms with Gasteiger partial charge in [-0.2, -0.15) is 0 Å². The summed E-state index contributed by atoms with van der Waals surface area (Å²) in [6.45, 7) is 6.48. The maximum absolute atomic E-state index is 13.2. The molecule has 2 heterocycles. The maximum Gasteiger partial charge on any atom is 0.407 e. The standard InChI is InChI=1S/C37H44N2O5/c1-26(2)35-25-42-21-11-5-3-4-6-16-36(40)44-29-19-17-27(18-20-29)22-28(23-38-35)39-37(41)43-24-34-32-14-9-7-12-30(32)31-13-8-10-15-33(31)34/h6-10,12-20,26,28,34-35,38H,3-5,11,21-25H2,1-2H3,(H,39,41)/t28-,35-/m1/s1. The summed E-state index contributed by atoms with van der Waals surface area (Å²) < 4.78 is 17.4. The zero-order valence-corrected chi connectivity index (χ0v) is 25.8. The fourth-order valence-electron chi connectivity index (χ4n) is 5.92. The van der Waals surface area contributed by atoms with E-state index < -0.39 is 6.09 Å². The Kier molecular flexibility index (Phi) is 11.2. The van der Waals surface area contributed by atoms with Crippen molar-refractivity contribution >= 4 is 12.1 Å². The van der Waals surface area contributed by atoms with Gasteiger partial charge in [-0.25, -0.2) is 9.59 Å². The average molecular weight is 597 g/mol. The summed E-state index contributed by atoms with van der Waals surface area (Å²) in [5, 5.41) is 6.76. The Morgan fingerprint density at radius 3 is 2.36 bits per heavy atom. The molecule has 2 atom stereocenters. The van der Waals surface area contributed by atoms with Crippen molar-refractivity contribution in [1.29, 1.82) is 0 Å². The predicted molar refractivity (Wildman–Crippen MR) is 173 cm³/mol. The van der Waals surface area contributed by atoms with Crippen LogP contribution in [0.3, 0.4) is 0 Å². The number of carbonyl (C=O) groups excluding carboxylic acids is 2. The van der Waals surface area contributed by atoms with Gasteiger partial charge in [0.05, 0.1) is 6.61 Å². The van der Waals surface area contributed by atoms with Crippen LogP contribution in [0.25, 0.3) is 11.1 Å². The molecule has 3 aromatic rings. The fraction of sp³-hybridized carbons (Fsp3) is 0.405. The van der Waals surface area contributed by atoms with Crippen LogP contribution in [0.2, 0.25) is 0 Å². The molecular weight excluding hydrogens is 552 g/mol. The molecule has 44 heavy (non-hydrogen) atoms. The molecule has 0 unspecified atom stereocenters. The normalized spacial score (nSPS) is 20.0. The first-order chi connectivity index (χ1) is 21.5. The molecule has 2 N–H and O–H groups in total. The molecule has 1 amide bonds. The topological polar surface area (TPSA) is 85.9 Å². The summed E-state index contributed by atoms with van der Waals surface area (Å²) >= 11 is 0. The largest absolute Gasteiger partial charge is 0.449 e. The van der Waals surface area contributed by atoms with Crippen molar-refractivity contribution in [3.63, 3.8) is 0 Å². The fourth-order valence-corrected chi connectivity index (χ4v) is 5.92. The highest BCUT2D eigenvalue weighted by atomic mass is 16.5. The number of allylic oxidation sites excluding steroid dienone is 1. The van der Waals surface area contributed by atoms with E-state index in [1.807, 2.05) is 42.5 Å². The van der Waals surface area contributed by atoms with Gasteiger partial charge in [0.1, 0.15) is 12.4 Å². The van der Waals surface area contributed by atoms with E-state index in [1.165, 1.54) is 28.3 Å². The monoisotopic (exact) mass is 596 g/mol. The molecule has 7 nitrogen and oxygen atoms in total. The Balaban J connectivity index is 1.27. The van der Waals surface area contributed by atoms with Crippen molar-refractivity contribution in [3.05, 3.63) is 102 Å². The molecule has 0 radical (unpaired) electrons. The zero-order chi connectivity index (χ0) is 30.7. The average Bonchev–Trinajstić information content (AvgIpc) is 3.34. The SMILES string of the molecule is CC(C)[C@H]1COCCCCCC=CC(=O)Oc2ccc(cc2)C[C@@H](NC(=O)OCC2c3ccccc3-c3ccccc32)CN1. The Morgan fingerprint density at radius 1 is 0.955 bits per heavy atom. The second-order valence-corrected chi connectivity index (χ2v) is 12.0. The molecule has 6 rings (SSSR count). The van der Waals surface area contributed by atoms with Crippen LogP contribution < -0.4 is 15.4 Å². The molecule has 7 heteroatoms. The number of carbonyl (C=O) groups is 2. The smallest absolute Gasteiger partial charge is 0.407 e. The third-order valence-corrected chi connectivity index (χ3v) is 8.43. The summed E-state index contributed by atoms with van der Waals surface area (Å²) in [5.74, 6) is 0.475.